The van der Waals surface area contributed by atoms with Crippen molar-refractivity contribution >= 4 is 29.1 Å². The molecule has 0 radical (unpaired) electrons. The minimum absolute atomic E-state index is 0.0885. The predicted molar refractivity (Wildman–Crippen MR) is 126 cm³/mol. The summed E-state index contributed by atoms with van der Waals surface area (Å²) in [5, 5.41) is 11.6. The number of halogens is 1. The lowest BCUT2D eigenvalue weighted by Gasteiger charge is -2.26. The molecule has 1 amide bonds. The van der Waals surface area contributed by atoms with E-state index in [2.05, 4.69) is 13.8 Å². The molecule has 1 saturated heterocycles. The van der Waals surface area contributed by atoms with Crippen LogP contribution in [0.15, 0.2) is 84.4 Å². The number of carbonyl (C=O) groups excluding carboxylic acids is 2. The third-order valence-corrected chi connectivity index (χ3v) is 6.02. The molecule has 0 aromatic heterocycles. The van der Waals surface area contributed by atoms with Crippen LogP contribution in [0.4, 0.5) is 0 Å². The van der Waals surface area contributed by atoms with E-state index < -0.39 is 17.7 Å². The number of aliphatic hydroxyl groups is 1. The van der Waals surface area contributed by atoms with Crippen LogP contribution in [0.5, 0.6) is 0 Å². The minimum atomic E-state index is -0.689. The minimum Gasteiger partial charge on any atom is -0.507 e. The average molecular weight is 446 g/mol. The number of rotatable bonds is 5. The number of ketones is 1. The highest BCUT2D eigenvalue weighted by atomic mass is 35.5. The Hall–Kier alpha value is -3.37. The van der Waals surface area contributed by atoms with Crippen molar-refractivity contribution in [1.29, 1.82) is 0 Å². The Bertz CT molecular complexity index is 1170. The quantitative estimate of drug-likeness (QED) is 0.294. The fraction of sp³-hybridized carbons (Fsp3) is 0.185. The number of Topliss-reactive ketones (excluding diaryl/α,β-unsaturated/α-hetero) is 1. The molecule has 32 heavy (non-hydrogen) atoms. The molecule has 5 heteroatoms. The van der Waals surface area contributed by atoms with Crippen LogP contribution in [-0.4, -0.2) is 21.7 Å². The van der Waals surface area contributed by atoms with Crippen LogP contribution in [0, 0.1) is 0 Å². The molecule has 4 nitrogen and oxygen atoms in total. The van der Waals surface area contributed by atoms with Crippen molar-refractivity contribution in [2.45, 2.75) is 32.4 Å². The van der Waals surface area contributed by atoms with Crippen LogP contribution < -0.4 is 0 Å². The van der Waals surface area contributed by atoms with Gasteiger partial charge in [-0.2, -0.15) is 0 Å². The SMILES string of the molecule is CC(C)c1ccc(C2/C(=C(\O)c3ccc(Cl)cc3)C(=O)C(=O)N2Cc2ccccc2)cc1. The number of likely N-dealkylation sites (tertiary alicyclic amines) is 1. The highest BCUT2D eigenvalue weighted by Gasteiger charge is 2.46. The summed E-state index contributed by atoms with van der Waals surface area (Å²) >= 11 is 5.98. The van der Waals surface area contributed by atoms with Crippen LogP contribution in [0.1, 0.15) is 48.1 Å². The summed E-state index contributed by atoms with van der Waals surface area (Å²) in [5.74, 6) is -1.16. The van der Waals surface area contributed by atoms with Gasteiger partial charge >= 0.3 is 0 Å². The van der Waals surface area contributed by atoms with Gasteiger partial charge in [-0.15, -0.1) is 0 Å². The van der Waals surface area contributed by atoms with Crippen molar-refractivity contribution in [2.75, 3.05) is 0 Å². The maximum absolute atomic E-state index is 13.1. The summed E-state index contributed by atoms with van der Waals surface area (Å²) in [6.07, 6.45) is 0. The van der Waals surface area contributed by atoms with E-state index in [4.69, 9.17) is 11.6 Å². The third kappa shape index (κ3) is 4.19. The lowest BCUT2D eigenvalue weighted by Crippen LogP contribution is -2.29. The molecule has 1 fully saturated rings. The van der Waals surface area contributed by atoms with Crippen LogP contribution in [-0.2, 0) is 16.1 Å². The van der Waals surface area contributed by atoms with Crippen molar-refractivity contribution in [3.05, 3.63) is 112 Å². The smallest absolute Gasteiger partial charge is 0.295 e. The molecule has 162 valence electrons. The van der Waals surface area contributed by atoms with E-state index in [1.165, 1.54) is 4.90 Å². The zero-order valence-corrected chi connectivity index (χ0v) is 18.7. The van der Waals surface area contributed by atoms with Gasteiger partial charge in [0.1, 0.15) is 5.76 Å². The molecular formula is C27H24ClNO3. The van der Waals surface area contributed by atoms with E-state index in [-0.39, 0.29) is 17.9 Å². The molecule has 1 N–H and O–H groups in total. The van der Waals surface area contributed by atoms with Crippen molar-refractivity contribution < 1.29 is 14.7 Å². The van der Waals surface area contributed by atoms with Crippen molar-refractivity contribution in [3.63, 3.8) is 0 Å². The molecule has 0 spiro atoms. The number of aliphatic hydroxyl groups excluding tert-OH is 1. The van der Waals surface area contributed by atoms with Gasteiger partial charge in [0.25, 0.3) is 11.7 Å². The van der Waals surface area contributed by atoms with Crippen molar-refractivity contribution in [3.8, 4) is 0 Å². The molecule has 0 aliphatic carbocycles. The Balaban J connectivity index is 1.84. The first-order chi connectivity index (χ1) is 15.4. The molecule has 1 aliphatic heterocycles. The molecule has 0 saturated carbocycles. The van der Waals surface area contributed by atoms with E-state index in [1.807, 2.05) is 54.6 Å². The maximum Gasteiger partial charge on any atom is 0.295 e. The largest absolute Gasteiger partial charge is 0.507 e. The van der Waals surface area contributed by atoms with Gasteiger partial charge in [-0.25, -0.2) is 0 Å². The third-order valence-electron chi connectivity index (χ3n) is 5.77. The molecule has 3 aromatic rings. The van der Waals surface area contributed by atoms with E-state index in [1.54, 1.807) is 24.3 Å². The van der Waals surface area contributed by atoms with Gasteiger partial charge in [-0.05, 0) is 46.9 Å². The van der Waals surface area contributed by atoms with Crippen LogP contribution in [0.2, 0.25) is 5.02 Å². The monoisotopic (exact) mass is 445 g/mol. The summed E-state index contributed by atoms with van der Waals surface area (Å²) in [7, 11) is 0. The van der Waals surface area contributed by atoms with Gasteiger partial charge in [-0.3, -0.25) is 9.59 Å². The van der Waals surface area contributed by atoms with Crippen LogP contribution in [0.3, 0.4) is 0 Å². The Kier molecular flexibility index (Phi) is 6.15. The summed E-state index contributed by atoms with van der Waals surface area (Å²) in [4.78, 5) is 27.7. The van der Waals surface area contributed by atoms with Crippen LogP contribution >= 0.6 is 11.6 Å². The van der Waals surface area contributed by atoms with E-state index in [9.17, 15) is 14.7 Å². The molecule has 1 aliphatic rings. The number of hydrogen-bond donors (Lipinski definition) is 1. The summed E-state index contributed by atoms with van der Waals surface area (Å²) in [6, 6.07) is 23.3. The lowest BCUT2D eigenvalue weighted by molar-refractivity contribution is -0.140. The topological polar surface area (TPSA) is 57.6 Å². The molecule has 3 aromatic carbocycles. The van der Waals surface area contributed by atoms with Gasteiger partial charge < -0.3 is 10.0 Å². The second kappa shape index (κ2) is 9.01. The molecule has 0 bridgehead atoms. The number of hydrogen-bond acceptors (Lipinski definition) is 3. The zero-order valence-electron chi connectivity index (χ0n) is 18.0. The predicted octanol–water partition coefficient (Wildman–Crippen LogP) is 6.09. The van der Waals surface area contributed by atoms with Crippen LogP contribution in [0.25, 0.3) is 5.76 Å². The second-order valence-electron chi connectivity index (χ2n) is 8.24. The lowest BCUT2D eigenvalue weighted by atomic mass is 9.93. The highest BCUT2D eigenvalue weighted by molar-refractivity contribution is 6.46. The summed E-state index contributed by atoms with van der Waals surface area (Å²) in [5.41, 5.74) is 3.37. The molecule has 1 heterocycles. The summed E-state index contributed by atoms with van der Waals surface area (Å²) in [6.45, 7) is 4.48. The van der Waals surface area contributed by atoms with Gasteiger partial charge in [0.05, 0.1) is 11.6 Å². The number of amides is 1. The Morgan fingerprint density at radius 3 is 2.16 bits per heavy atom. The first kappa shape index (κ1) is 21.8. The van der Waals surface area contributed by atoms with Crippen molar-refractivity contribution in [2.24, 2.45) is 0 Å². The Morgan fingerprint density at radius 1 is 0.938 bits per heavy atom. The molecule has 4 rings (SSSR count). The normalized spacial score (nSPS) is 17.9. The first-order valence-corrected chi connectivity index (χ1v) is 10.9. The van der Waals surface area contributed by atoms with Gasteiger partial charge in [-0.1, -0.05) is 80.0 Å². The molecule has 1 unspecified atom stereocenters. The van der Waals surface area contributed by atoms with E-state index in [0.717, 1.165) is 16.7 Å². The van der Waals surface area contributed by atoms with Gasteiger partial charge in [0.15, 0.2) is 0 Å². The molecule has 1 atom stereocenters. The fourth-order valence-electron chi connectivity index (χ4n) is 4.00. The van der Waals surface area contributed by atoms with Crippen molar-refractivity contribution in [1.82, 2.24) is 4.90 Å². The standard InChI is InChI=1S/C27H24ClNO3/c1-17(2)19-8-10-20(11-9-19)24-23(25(30)21-12-14-22(28)15-13-21)26(31)27(32)29(24)16-18-6-4-3-5-7-18/h3-15,17,24,30H,16H2,1-2H3/b25-23+. The first-order valence-electron chi connectivity index (χ1n) is 10.5. The number of carbonyl (C=O) groups is 2. The van der Waals surface area contributed by atoms with E-state index >= 15 is 0 Å². The molecular weight excluding hydrogens is 422 g/mol. The van der Waals surface area contributed by atoms with Gasteiger partial charge in [0.2, 0.25) is 0 Å². The zero-order chi connectivity index (χ0) is 22.8. The maximum atomic E-state index is 13.1. The van der Waals surface area contributed by atoms with Gasteiger partial charge in [0, 0.05) is 17.1 Å². The highest BCUT2D eigenvalue weighted by Crippen LogP contribution is 2.40. The number of benzene rings is 3. The number of nitrogens with zero attached hydrogens (tertiary/aromatic N) is 1. The summed E-state index contributed by atoms with van der Waals surface area (Å²) < 4.78 is 0. The Morgan fingerprint density at radius 2 is 1.56 bits per heavy atom. The second-order valence-corrected chi connectivity index (χ2v) is 8.68. The van der Waals surface area contributed by atoms with E-state index in [0.29, 0.717) is 16.5 Å². The average Bonchev–Trinajstić information content (AvgIpc) is 3.05. The Labute approximate surface area is 192 Å². The fourth-order valence-corrected chi connectivity index (χ4v) is 4.12.